The van der Waals surface area contributed by atoms with Crippen molar-refractivity contribution in [3.05, 3.63) is 108 Å². The summed E-state index contributed by atoms with van der Waals surface area (Å²) in [6.07, 6.45) is 7.81. The average Bonchev–Trinajstić information content (AvgIpc) is 3.14. The molecule has 0 bridgehead atoms. The largest absolute Gasteiger partial charge is 0.465 e. The monoisotopic (exact) mass is 670 g/mol. The Kier molecular flexibility index (Phi) is 17.9. The molecule has 8 heteroatoms. The van der Waals surface area contributed by atoms with Gasteiger partial charge in [0, 0.05) is 45.2 Å². The molecule has 0 unspecified atom stereocenters. The van der Waals surface area contributed by atoms with E-state index < -0.39 is 17.5 Å². The maximum Gasteiger partial charge on any atom is 0.306 e. The first-order valence-electron chi connectivity index (χ1n) is 17.8. The summed E-state index contributed by atoms with van der Waals surface area (Å²) in [5.41, 5.74) is 1.84. The normalized spacial score (nSPS) is 11.8. The van der Waals surface area contributed by atoms with Crippen molar-refractivity contribution in [3.63, 3.8) is 0 Å². The Hall–Kier alpha value is -4.30. The highest BCUT2D eigenvalue weighted by Gasteiger charge is 2.38. The summed E-state index contributed by atoms with van der Waals surface area (Å²) in [6, 6.07) is 30.0. The van der Waals surface area contributed by atoms with Crippen molar-refractivity contribution >= 4 is 23.6 Å². The van der Waals surface area contributed by atoms with Crippen molar-refractivity contribution in [2.45, 2.75) is 89.6 Å². The predicted molar refractivity (Wildman–Crippen MR) is 193 cm³/mol. The van der Waals surface area contributed by atoms with Gasteiger partial charge in [-0.05, 0) is 36.0 Å². The van der Waals surface area contributed by atoms with Gasteiger partial charge in [-0.15, -0.1) is 0 Å². The third-order valence-electron chi connectivity index (χ3n) is 8.62. The Balaban J connectivity index is 1.69. The van der Waals surface area contributed by atoms with Crippen molar-refractivity contribution in [1.82, 2.24) is 10.6 Å². The third kappa shape index (κ3) is 13.6. The van der Waals surface area contributed by atoms with E-state index in [9.17, 15) is 19.2 Å². The number of hydrogen-bond acceptors (Lipinski definition) is 6. The van der Waals surface area contributed by atoms with Crippen LogP contribution >= 0.6 is 0 Å². The lowest BCUT2D eigenvalue weighted by Crippen LogP contribution is -2.36. The molecule has 0 saturated carbocycles. The van der Waals surface area contributed by atoms with Crippen LogP contribution in [0.3, 0.4) is 0 Å². The zero-order chi connectivity index (χ0) is 35.2. The van der Waals surface area contributed by atoms with Crippen LogP contribution in [0.15, 0.2) is 91.0 Å². The Morgan fingerprint density at radius 2 is 1.18 bits per heavy atom. The summed E-state index contributed by atoms with van der Waals surface area (Å²) < 4.78 is 12.6. The standard InChI is InChI=1S/C41H54N2O6/c1-3-4-5-17-26-39(46)43-29-18-9-16-25-37(44)30-33(31-48-40(47)28-27-38(45)42-2)32-49-41(34-19-10-6-11-20-34,35-21-12-7-13-22-35)36-23-14-8-15-24-36/h6-8,10-15,19-24,33H,3-5,9,16-18,25-32H2,1-2H3,(H,42,45)(H,43,46)/t33-/m1/s1. The molecule has 0 spiro atoms. The molecule has 0 radical (unpaired) electrons. The van der Waals surface area contributed by atoms with E-state index in [1.54, 1.807) is 0 Å². The number of carbonyl (C=O) groups is 4. The van der Waals surface area contributed by atoms with Gasteiger partial charge in [-0.1, -0.05) is 124 Å². The molecule has 3 rings (SSSR count). The van der Waals surface area contributed by atoms with Crippen molar-refractivity contribution in [2.75, 3.05) is 26.8 Å². The van der Waals surface area contributed by atoms with Gasteiger partial charge in [0.15, 0.2) is 0 Å². The van der Waals surface area contributed by atoms with Gasteiger partial charge in [0.1, 0.15) is 11.4 Å². The van der Waals surface area contributed by atoms with Crippen LogP contribution in [0.4, 0.5) is 0 Å². The summed E-state index contributed by atoms with van der Waals surface area (Å²) in [5.74, 6) is -0.970. The highest BCUT2D eigenvalue weighted by molar-refractivity contribution is 5.81. The van der Waals surface area contributed by atoms with Gasteiger partial charge in [-0.25, -0.2) is 0 Å². The fraction of sp³-hybridized carbons (Fsp3) is 0.463. The fourth-order valence-corrected chi connectivity index (χ4v) is 5.88. The summed E-state index contributed by atoms with van der Waals surface area (Å²) in [6.45, 7) is 2.91. The van der Waals surface area contributed by atoms with Crippen LogP contribution in [0.2, 0.25) is 0 Å². The van der Waals surface area contributed by atoms with Crippen LogP contribution in [0.5, 0.6) is 0 Å². The van der Waals surface area contributed by atoms with Crippen molar-refractivity contribution < 1.29 is 28.7 Å². The molecule has 3 aromatic carbocycles. The topological polar surface area (TPSA) is 111 Å². The fourth-order valence-electron chi connectivity index (χ4n) is 5.88. The summed E-state index contributed by atoms with van der Waals surface area (Å²) in [5, 5.41) is 5.50. The predicted octanol–water partition coefficient (Wildman–Crippen LogP) is 7.29. The van der Waals surface area contributed by atoms with Crippen molar-refractivity contribution in [2.24, 2.45) is 5.92 Å². The molecule has 0 aliphatic carbocycles. The number of rotatable bonds is 24. The molecule has 0 aliphatic rings. The molecule has 0 aliphatic heterocycles. The van der Waals surface area contributed by atoms with E-state index in [2.05, 4.69) is 17.6 Å². The first-order valence-corrected chi connectivity index (χ1v) is 17.8. The van der Waals surface area contributed by atoms with Crippen molar-refractivity contribution in [3.8, 4) is 0 Å². The minimum atomic E-state index is -0.977. The third-order valence-corrected chi connectivity index (χ3v) is 8.62. The van der Waals surface area contributed by atoms with Gasteiger partial charge >= 0.3 is 5.97 Å². The molecule has 0 heterocycles. The molecule has 3 aromatic rings. The van der Waals surface area contributed by atoms with Crippen LogP contribution in [-0.4, -0.2) is 50.4 Å². The Labute approximate surface area is 292 Å². The number of hydrogen-bond donors (Lipinski definition) is 2. The van der Waals surface area contributed by atoms with Crippen LogP contribution < -0.4 is 10.6 Å². The lowest BCUT2D eigenvalue weighted by Gasteiger charge is -2.37. The number of ether oxygens (including phenoxy) is 2. The lowest BCUT2D eigenvalue weighted by molar-refractivity contribution is -0.148. The molecule has 264 valence electrons. The number of ketones is 1. The van der Waals surface area contributed by atoms with Crippen LogP contribution in [0.1, 0.15) is 101 Å². The number of benzene rings is 3. The van der Waals surface area contributed by atoms with Gasteiger partial charge in [0.05, 0.1) is 19.6 Å². The molecule has 0 saturated heterocycles. The van der Waals surface area contributed by atoms with Gasteiger partial charge in [-0.3, -0.25) is 19.2 Å². The van der Waals surface area contributed by atoms with Crippen LogP contribution in [0, 0.1) is 5.92 Å². The zero-order valence-electron chi connectivity index (χ0n) is 29.3. The average molecular weight is 671 g/mol. The van der Waals surface area contributed by atoms with Crippen LogP contribution in [0.25, 0.3) is 0 Å². The van der Waals surface area contributed by atoms with E-state index in [1.165, 1.54) is 7.05 Å². The summed E-state index contributed by atoms with van der Waals surface area (Å²) in [7, 11) is 1.52. The maximum atomic E-state index is 13.3. The number of carbonyl (C=O) groups excluding carboxylic acids is 4. The van der Waals surface area contributed by atoms with Gasteiger partial charge in [0.2, 0.25) is 11.8 Å². The first kappa shape index (κ1) is 39.1. The molecular weight excluding hydrogens is 616 g/mol. The second-order valence-electron chi connectivity index (χ2n) is 12.5. The summed E-state index contributed by atoms with van der Waals surface area (Å²) in [4.78, 5) is 49.6. The number of amides is 2. The van der Waals surface area contributed by atoms with E-state index in [4.69, 9.17) is 9.47 Å². The Morgan fingerprint density at radius 1 is 0.633 bits per heavy atom. The summed E-state index contributed by atoms with van der Waals surface area (Å²) >= 11 is 0. The SMILES string of the molecule is CCCCCCC(=O)NCCCCCC(=O)C[C@H](COC(=O)CCC(=O)NC)COC(c1ccccc1)(c1ccccc1)c1ccccc1. The van der Waals surface area contributed by atoms with E-state index >= 15 is 0 Å². The van der Waals surface area contributed by atoms with Gasteiger partial charge in [0.25, 0.3) is 0 Å². The van der Waals surface area contributed by atoms with E-state index in [1.807, 2.05) is 91.0 Å². The molecule has 49 heavy (non-hydrogen) atoms. The molecule has 8 nitrogen and oxygen atoms in total. The maximum absolute atomic E-state index is 13.3. The molecule has 0 fully saturated rings. The van der Waals surface area contributed by atoms with E-state index in [0.29, 0.717) is 25.8 Å². The zero-order valence-corrected chi connectivity index (χ0v) is 29.3. The highest BCUT2D eigenvalue weighted by atomic mass is 16.5. The Bertz CT molecular complexity index is 1300. The quantitative estimate of drug-likeness (QED) is 0.0589. The van der Waals surface area contributed by atoms with E-state index in [0.717, 1.165) is 55.2 Å². The highest BCUT2D eigenvalue weighted by Crippen LogP contribution is 2.41. The van der Waals surface area contributed by atoms with E-state index in [-0.39, 0.29) is 50.1 Å². The first-order chi connectivity index (χ1) is 23.9. The second kappa shape index (κ2) is 22.4. The van der Waals surface area contributed by atoms with Crippen LogP contribution in [-0.2, 0) is 34.3 Å². The number of nitrogens with one attached hydrogen (secondary N) is 2. The molecule has 2 amide bonds. The second-order valence-corrected chi connectivity index (χ2v) is 12.5. The van der Waals surface area contributed by atoms with Gasteiger partial charge in [-0.2, -0.15) is 0 Å². The molecule has 2 N–H and O–H groups in total. The number of esters is 1. The minimum absolute atomic E-state index is 0.00292. The van der Waals surface area contributed by atoms with Gasteiger partial charge < -0.3 is 20.1 Å². The number of unbranched alkanes of at least 4 members (excludes halogenated alkanes) is 5. The molecule has 0 aromatic heterocycles. The smallest absolute Gasteiger partial charge is 0.306 e. The Morgan fingerprint density at radius 3 is 1.73 bits per heavy atom. The number of Topliss-reactive ketones (excluding diaryl/α,β-unsaturated/α-hetero) is 1. The minimum Gasteiger partial charge on any atom is -0.465 e. The molecule has 1 atom stereocenters. The van der Waals surface area contributed by atoms with Crippen molar-refractivity contribution in [1.29, 1.82) is 0 Å². The molecular formula is C41H54N2O6. The lowest BCUT2D eigenvalue weighted by atomic mass is 9.80.